The molecule has 0 aliphatic carbocycles. The maximum absolute atomic E-state index is 12.1. The molecule has 104 valence electrons. The van der Waals surface area contributed by atoms with E-state index in [1.54, 1.807) is 18.4 Å². The molecule has 0 spiro atoms. The number of nitrogens with zero attached hydrogens (tertiary/aromatic N) is 1. The number of rotatable bonds is 3. The number of aryl methyl sites for hydroxylation is 1. The van der Waals surface area contributed by atoms with E-state index in [1.807, 2.05) is 0 Å². The maximum Gasteiger partial charge on any atom is 0.350 e. The molecule has 2 heterocycles. The van der Waals surface area contributed by atoms with Crippen LogP contribution in [-0.4, -0.2) is 24.0 Å². The van der Waals surface area contributed by atoms with Gasteiger partial charge in [-0.2, -0.15) is 0 Å². The number of hydrogen-bond donors (Lipinski definition) is 2. The van der Waals surface area contributed by atoms with E-state index < -0.39 is 11.9 Å². The lowest BCUT2D eigenvalue weighted by atomic mass is 10.2. The predicted octanol–water partition coefficient (Wildman–Crippen LogP) is 2.07. The van der Waals surface area contributed by atoms with Gasteiger partial charge in [0.15, 0.2) is 0 Å². The maximum atomic E-state index is 12.1. The van der Waals surface area contributed by atoms with E-state index in [4.69, 9.17) is 5.73 Å². The molecule has 2 rings (SSSR count). The first-order valence-electron chi connectivity index (χ1n) is 5.72. The molecule has 0 aliphatic heterocycles. The molecule has 0 radical (unpaired) electrons. The summed E-state index contributed by atoms with van der Waals surface area (Å²) in [5.41, 5.74) is 7.45. The van der Waals surface area contributed by atoms with Gasteiger partial charge in [-0.3, -0.25) is 4.79 Å². The number of nitrogens with two attached hydrogens (primary N) is 1. The predicted molar refractivity (Wildman–Crippen MR) is 77.0 cm³/mol. The standard InChI is InChI=1S/C13H13N3O3S/c1-7-6-20-11(13(18)19-2)10(7)16-12(17)9-4-3-8(14)5-15-9/h3-6H,14H2,1-2H3,(H,16,17). The molecule has 1 amide bonds. The molecular weight excluding hydrogens is 278 g/mol. The molecule has 6 nitrogen and oxygen atoms in total. The van der Waals surface area contributed by atoms with Crippen molar-refractivity contribution in [3.05, 3.63) is 39.8 Å². The lowest BCUT2D eigenvalue weighted by Gasteiger charge is -2.07. The Bertz CT molecular complexity index is 649. The van der Waals surface area contributed by atoms with Crippen LogP contribution in [0.4, 0.5) is 11.4 Å². The highest BCUT2D eigenvalue weighted by molar-refractivity contribution is 7.12. The number of esters is 1. The summed E-state index contributed by atoms with van der Waals surface area (Å²) in [6.07, 6.45) is 1.40. The Morgan fingerprint density at radius 2 is 2.15 bits per heavy atom. The summed E-state index contributed by atoms with van der Waals surface area (Å²) in [7, 11) is 1.30. The van der Waals surface area contributed by atoms with Crippen LogP contribution >= 0.6 is 11.3 Å². The minimum absolute atomic E-state index is 0.223. The molecule has 0 saturated carbocycles. The van der Waals surface area contributed by atoms with Crippen LogP contribution in [-0.2, 0) is 4.74 Å². The zero-order valence-electron chi connectivity index (χ0n) is 11.0. The molecule has 0 bridgehead atoms. The van der Waals surface area contributed by atoms with Crippen molar-refractivity contribution < 1.29 is 14.3 Å². The van der Waals surface area contributed by atoms with Crippen molar-refractivity contribution in [2.24, 2.45) is 0 Å². The number of anilines is 2. The molecule has 0 aromatic carbocycles. The Balaban J connectivity index is 2.26. The summed E-state index contributed by atoms with van der Waals surface area (Å²) in [4.78, 5) is 28.0. The molecule has 2 aromatic heterocycles. The number of amides is 1. The van der Waals surface area contributed by atoms with Crippen molar-refractivity contribution in [3.8, 4) is 0 Å². The van der Waals surface area contributed by atoms with Crippen LogP contribution in [0.15, 0.2) is 23.7 Å². The highest BCUT2D eigenvalue weighted by atomic mass is 32.1. The number of nitrogen functional groups attached to an aromatic ring is 1. The first kappa shape index (κ1) is 14.0. The molecule has 0 atom stereocenters. The second-order valence-electron chi connectivity index (χ2n) is 4.05. The van der Waals surface area contributed by atoms with Crippen molar-refractivity contribution >= 4 is 34.6 Å². The van der Waals surface area contributed by atoms with Gasteiger partial charge in [-0.25, -0.2) is 9.78 Å². The van der Waals surface area contributed by atoms with Gasteiger partial charge in [0.05, 0.1) is 24.7 Å². The summed E-state index contributed by atoms with van der Waals surface area (Å²) in [5.74, 6) is -0.889. The van der Waals surface area contributed by atoms with Gasteiger partial charge < -0.3 is 15.8 Å². The van der Waals surface area contributed by atoms with Crippen LogP contribution in [0.25, 0.3) is 0 Å². The highest BCUT2D eigenvalue weighted by Gasteiger charge is 2.19. The molecule has 0 saturated heterocycles. The fourth-order valence-corrected chi connectivity index (χ4v) is 2.48. The molecule has 0 unspecified atom stereocenters. The average Bonchev–Trinajstić information content (AvgIpc) is 2.80. The number of hydrogen-bond acceptors (Lipinski definition) is 6. The lowest BCUT2D eigenvalue weighted by molar-refractivity contribution is 0.0607. The Labute approximate surface area is 119 Å². The van der Waals surface area contributed by atoms with Crippen LogP contribution in [0, 0.1) is 6.92 Å². The minimum Gasteiger partial charge on any atom is -0.465 e. The topological polar surface area (TPSA) is 94.3 Å². The first-order valence-corrected chi connectivity index (χ1v) is 6.60. The number of aromatic nitrogens is 1. The van der Waals surface area contributed by atoms with Gasteiger partial charge >= 0.3 is 5.97 Å². The number of nitrogens with one attached hydrogen (secondary N) is 1. The van der Waals surface area contributed by atoms with Crippen LogP contribution in [0.2, 0.25) is 0 Å². The largest absolute Gasteiger partial charge is 0.465 e. The summed E-state index contributed by atoms with van der Waals surface area (Å²) in [5, 5.41) is 4.45. The quantitative estimate of drug-likeness (QED) is 0.844. The van der Waals surface area contributed by atoms with Gasteiger partial charge in [0.1, 0.15) is 10.6 Å². The third kappa shape index (κ3) is 2.77. The van der Waals surface area contributed by atoms with E-state index in [2.05, 4.69) is 15.0 Å². The van der Waals surface area contributed by atoms with Crippen molar-refractivity contribution in [3.63, 3.8) is 0 Å². The van der Waals surface area contributed by atoms with E-state index in [0.717, 1.165) is 5.56 Å². The number of thiophene rings is 1. The van der Waals surface area contributed by atoms with Gasteiger partial charge in [0, 0.05) is 0 Å². The SMILES string of the molecule is COC(=O)c1scc(C)c1NC(=O)c1ccc(N)cn1. The fourth-order valence-electron chi connectivity index (χ4n) is 1.56. The number of ether oxygens (including phenoxy) is 1. The Hall–Kier alpha value is -2.41. The summed E-state index contributed by atoms with van der Waals surface area (Å²) < 4.78 is 4.68. The lowest BCUT2D eigenvalue weighted by Crippen LogP contribution is -2.16. The van der Waals surface area contributed by atoms with Crippen LogP contribution in [0.3, 0.4) is 0 Å². The third-order valence-corrected chi connectivity index (χ3v) is 3.68. The van der Waals surface area contributed by atoms with Crippen molar-refractivity contribution in [2.75, 3.05) is 18.2 Å². The van der Waals surface area contributed by atoms with Gasteiger partial charge in [-0.1, -0.05) is 0 Å². The molecule has 0 fully saturated rings. The van der Waals surface area contributed by atoms with Gasteiger partial charge in [0.2, 0.25) is 0 Å². The molecule has 0 aliphatic rings. The smallest absolute Gasteiger partial charge is 0.350 e. The minimum atomic E-state index is -0.483. The van der Waals surface area contributed by atoms with Crippen molar-refractivity contribution in [1.82, 2.24) is 4.98 Å². The van der Waals surface area contributed by atoms with E-state index in [-0.39, 0.29) is 5.69 Å². The molecule has 20 heavy (non-hydrogen) atoms. The number of methoxy groups -OCH3 is 1. The Morgan fingerprint density at radius 3 is 2.75 bits per heavy atom. The van der Waals surface area contributed by atoms with Gasteiger partial charge in [-0.05, 0) is 30.0 Å². The zero-order valence-corrected chi connectivity index (χ0v) is 11.8. The summed E-state index contributed by atoms with van der Waals surface area (Å²) >= 11 is 1.22. The monoisotopic (exact) mass is 291 g/mol. The Morgan fingerprint density at radius 1 is 1.40 bits per heavy atom. The van der Waals surface area contributed by atoms with E-state index >= 15 is 0 Å². The first-order chi connectivity index (χ1) is 9.52. The van der Waals surface area contributed by atoms with Crippen molar-refractivity contribution in [1.29, 1.82) is 0 Å². The summed E-state index contributed by atoms with van der Waals surface area (Å²) in [6, 6.07) is 3.10. The fraction of sp³-hybridized carbons (Fsp3) is 0.154. The molecular formula is C13H13N3O3S. The van der Waals surface area contributed by atoms with Crippen LogP contribution in [0.1, 0.15) is 25.7 Å². The molecule has 3 N–H and O–H groups in total. The Kier molecular flexibility index (Phi) is 3.99. The number of carbonyl (C=O) groups excluding carboxylic acids is 2. The van der Waals surface area contributed by atoms with Gasteiger partial charge in [0.25, 0.3) is 5.91 Å². The van der Waals surface area contributed by atoms with Crippen LogP contribution in [0.5, 0.6) is 0 Å². The second-order valence-corrected chi connectivity index (χ2v) is 4.92. The normalized spacial score (nSPS) is 10.1. The van der Waals surface area contributed by atoms with Crippen molar-refractivity contribution in [2.45, 2.75) is 6.92 Å². The number of carbonyl (C=O) groups is 2. The van der Waals surface area contributed by atoms with Gasteiger partial charge in [-0.15, -0.1) is 11.3 Å². The van der Waals surface area contributed by atoms with E-state index in [9.17, 15) is 9.59 Å². The second kappa shape index (κ2) is 5.70. The van der Waals surface area contributed by atoms with E-state index in [1.165, 1.54) is 30.7 Å². The zero-order chi connectivity index (χ0) is 14.7. The third-order valence-electron chi connectivity index (χ3n) is 2.60. The average molecular weight is 291 g/mol. The molecule has 7 heteroatoms. The molecule has 2 aromatic rings. The van der Waals surface area contributed by atoms with Crippen LogP contribution < -0.4 is 11.1 Å². The highest BCUT2D eigenvalue weighted by Crippen LogP contribution is 2.28. The van der Waals surface area contributed by atoms with E-state index in [0.29, 0.717) is 16.3 Å². The number of pyridine rings is 1. The summed E-state index contributed by atoms with van der Waals surface area (Å²) in [6.45, 7) is 1.80.